The summed E-state index contributed by atoms with van der Waals surface area (Å²) in [4.78, 5) is 7.89. The first-order chi connectivity index (χ1) is 13.0. The molecule has 0 bridgehead atoms. The van der Waals surface area contributed by atoms with Crippen molar-refractivity contribution in [2.75, 3.05) is 5.32 Å². The molecule has 146 valence electrons. The van der Waals surface area contributed by atoms with Gasteiger partial charge in [-0.3, -0.25) is 0 Å². The van der Waals surface area contributed by atoms with E-state index in [9.17, 15) is 13.2 Å². The van der Waals surface area contributed by atoms with Crippen LogP contribution in [-0.2, 0) is 12.6 Å². The van der Waals surface area contributed by atoms with E-state index in [1.165, 1.54) is 0 Å². The smallest absolute Gasteiger partial charge is 0.423 e. The summed E-state index contributed by atoms with van der Waals surface area (Å²) in [5.41, 5.74) is 0.954. The highest BCUT2D eigenvalue weighted by atomic mass is 19.4. The fourth-order valence-electron chi connectivity index (χ4n) is 3.27. The van der Waals surface area contributed by atoms with Gasteiger partial charge in [-0.15, -0.1) is 0 Å². The fraction of sp³-hybridized carbons (Fsp3) is 0.500. The van der Waals surface area contributed by atoms with E-state index in [1.807, 2.05) is 24.3 Å². The maximum absolute atomic E-state index is 13.3. The van der Waals surface area contributed by atoms with Gasteiger partial charge in [-0.05, 0) is 49.8 Å². The Morgan fingerprint density at radius 2 is 1.96 bits per heavy atom. The molecule has 4 nitrogen and oxygen atoms in total. The molecule has 2 aromatic rings. The molecule has 1 aliphatic rings. The number of hydrogen-bond acceptors (Lipinski definition) is 4. The Kier molecular flexibility index (Phi) is 6.19. The topological polar surface area (TPSA) is 47.0 Å². The molecule has 0 spiro atoms. The average molecular weight is 379 g/mol. The van der Waals surface area contributed by atoms with Crippen molar-refractivity contribution in [3.05, 3.63) is 41.6 Å². The lowest BCUT2D eigenvalue weighted by atomic mass is 9.98. The summed E-state index contributed by atoms with van der Waals surface area (Å²) in [5, 5.41) is 2.99. The third-order valence-electron chi connectivity index (χ3n) is 4.61. The van der Waals surface area contributed by atoms with Gasteiger partial charge in [-0.1, -0.05) is 31.9 Å². The minimum Gasteiger partial charge on any atom is -0.474 e. The van der Waals surface area contributed by atoms with Crippen molar-refractivity contribution < 1.29 is 17.9 Å². The zero-order chi connectivity index (χ0) is 19.3. The Hall–Kier alpha value is -2.31. The van der Waals surface area contributed by atoms with Crippen LogP contribution in [0.5, 0.6) is 5.88 Å². The zero-order valence-corrected chi connectivity index (χ0v) is 15.4. The van der Waals surface area contributed by atoms with Crippen LogP contribution in [0.2, 0.25) is 0 Å². The molecule has 3 rings (SSSR count). The van der Waals surface area contributed by atoms with Crippen LogP contribution < -0.4 is 10.1 Å². The van der Waals surface area contributed by atoms with Gasteiger partial charge in [0.2, 0.25) is 11.8 Å². The van der Waals surface area contributed by atoms with Gasteiger partial charge in [0, 0.05) is 11.9 Å². The number of nitrogens with one attached hydrogen (secondary N) is 1. The summed E-state index contributed by atoms with van der Waals surface area (Å²) >= 11 is 0. The van der Waals surface area contributed by atoms with Crippen molar-refractivity contribution in [1.82, 2.24) is 9.97 Å². The molecule has 1 N–H and O–H groups in total. The van der Waals surface area contributed by atoms with Crippen molar-refractivity contribution in [3.8, 4) is 5.88 Å². The normalized spacial score (nSPS) is 15.6. The number of aromatic nitrogens is 2. The second-order valence-corrected chi connectivity index (χ2v) is 6.86. The zero-order valence-electron chi connectivity index (χ0n) is 15.4. The van der Waals surface area contributed by atoms with Crippen molar-refractivity contribution in [2.24, 2.45) is 0 Å². The molecule has 0 radical (unpaired) electrons. The number of hydrogen-bond donors (Lipinski definition) is 1. The molecule has 1 aromatic heterocycles. The van der Waals surface area contributed by atoms with E-state index in [1.54, 1.807) is 0 Å². The molecule has 1 fully saturated rings. The van der Waals surface area contributed by atoms with Crippen LogP contribution in [0, 0.1) is 0 Å². The summed E-state index contributed by atoms with van der Waals surface area (Å²) in [6.45, 7) is 2.09. The molecule has 1 saturated carbocycles. The van der Waals surface area contributed by atoms with Crippen molar-refractivity contribution in [2.45, 2.75) is 64.1 Å². The van der Waals surface area contributed by atoms with Crippen LogP contribution in [0.3, 0.4) is 0 Å². The lowest BCUT2D eigenvalue weighted by molar-refractivity contribution is -0.140. The van der Waals surface area contributed by atoms with Crippen LogP contribution in [0.25, 0.3) is 0 Å². The second-order valence-electron chi connectivity index (χ2n) is 6.86. The molecule has 0 amide bonds. The van der Waals surface area contributed by atoms with E-state index in [2.05, 4.69) is 22.2 Å². The Morgan fingerprint density at radius 1 is 1.19 bits per heavy atom. The summed E-state index contributed by atoms with van der Waals surface area (Å²) in [5.74, 6) is -0.293. The Labute approximate surface area is 157 Å². The van der Waals surface area contributed by atoms with Gasteiger partial charge in [0.25, 0.3) is 0 Å². The molecule has 7 heteroatoms. The molecule has 0 unspecified atom stereocenters. The van der Waals surface area contributed by atoms with Crippen LogP contribution in [0.15, 0.2) is 30.5 Å². The lowest BCUT2D eigenvalue weighted by Crippen LogP contribution is -2.22. The monoisotopic (exact) mass is 379 g/mol. The van der Waals surface area contributed by atoms with E-state index >= 15 is 0 Å². The van der Waals surface area contributed by atoms with Crippen LogP contribution in [0.4, 0.5) is 24.8 Å². The third kappa shape index (κ3) is 5.34. The van der Waals surface area contributed by atoms with Gasteiger partial charge in [0.15, 0.2) is 0 Å². The average Bonchev–Trinajstić information content (AvgIpc) is 2.62. The van der Waals surface area contributed by atoms with E-state index in [4.69, 9.17) is 4.74 Å². The summed E-state index contributed by atoms with van der Waals surface area (Å²) < 4.78 is 45.6. The third-order valence-corrected chi connectivity index (χ3v) is 4.61. The van der Waals surface area contributed by atoms with Crippen LogP contribution >= 0.6 is 0 Å². The van der Waals surface area contributed by atoms with Crippen molar-refractivity contribution in [3.63, 3.8) is 0 Å². The van der Waals surface area contributed by atoms with Gasteiger partial charge in [0.05, 0.1) is 0 Å². The van der Waals surface area contributed by atoms with Gasteiger partial charge < -0.3 is 10.1 Å². The lowest BCUT2D eigenvalue weighted by Gasteiger charge is -2.24. The number of rotatable bonds is 6. The molecule has 0 atom stereocenters. The van der Waals surface area contributed by atoms with E-state index in [-0.39, 0.29) is 12.1 Å². The first kappa shape index (κ1) is 19.5. The quantitative estimate of drug-likeness (QED) is 0.678. The number of nitrogens with zero attached hydrogens (tertiary/aromatic N) is 2. The van der Waals surface area contributed by atoms with Gasteiger partial charge in [-0.25, -0.2) is 4.98 Å². The molecule has 27 heavy (non-hydrogen) atoms. The summed E-state index contributed by atoms with van der Waals surface area (Å²) in [6.07, 6.45) is 2.49. The number of aryl methyl sites for hydroxylation is 1. The minimum absolute atomic E-state index is 0.0995. The standard InChI is InChI=1S/C20H24F3N3O/c1-2-7-14-8-6-9-15(12-14)25-19-24-13-17(20(21,22)23)18(26-19)27-16-10-4-3-5-11-16/h6,8-9,12-13,16H,2-5,7,10-11H2,1H3,(H,24,25,26). The summed E-state index contributed by atoms with van der Waals surface area (Å²) in [6, 6.07) is 7.70. The van der Waals surface area contributed by atoms with Crippen molar-refractivity contribution >= 4 is 11.6 Å². The predicted octanol–water partition coefficient (Wildman–Crippen LogP) is 5.90. The highest BCUT2D eigenvalue weighted by molar-refractivity contribution is 5.55. The number of alkyl halides is 3. The van der Waals surface area contributed by atoms with Crippen LogP contribution in [-0.4, -0.2) is 16.1 Å². The highest BCUT2D eigenvalue weighted by Crippen LogP contribution is 2.36. The maximum Gasteiger partial charge on any atom is 0.423 e. The Bertz CT molecular complexity index is 758. The first-order valence-electron chi connectivity index (χ1n) is 9.42. The molecule has 0 saturated heterocycles. The molecule has 1 aliphatic carbocycles. The Balaban J connectivity index is 1.83. The highest BCUT2D eigenvalue weighted by Gasteiger charge is 2.37. The van der Waals surface area contributed by atoms with E-state index in [0.29, 0.717) is 0 Å². The second kappa shape index (κ2) is 8.59. The van der Waals surface area contributed by atoms with Crippen molar-refractivity contribution in [1.29, 1.82) is 0 Å². The largest absolute Gasteiger partial charge is 0.474 e. The molecule has 0 aliphatic heterocycles. The summed E-state index contributed by atoms with van der Waals surface area (Å²) in [7, 11) is 0. The van der Waals surface area contributed by atoms with Gasteiger partial charge >= 0.3 is 6.18 Å². The minimum atomic E-state index is -4.55. The SMILES string of the molecule is CCCc1cccc(Nc2ncc(C(F)(F)F)c(OC3CCCCC3)n2)c1. The number of halogens is 3. The molecular formula is C20H24F3N3O. The predicted molar refractivity (Wildman–Crippen MR) is 98.3 cm³/mol. The molecule has 1 aromatic carbocycles. The van der Waals surface area contributed by atoms with Gasteiger partial charge in [0.1, 0.15) is 11.7 Å². The number of ether oxygens (including phenoxy) is 1. The molecule has 1 heterocycles. The number of anilines is 2. The van der Waals surface area contributed by atoms with Crippen LogP contribution in [0.1, 0.15) is 56.6 Å². The van der Waals surface area contributed by atoms with E-state index < -0.39 is 17.6 Å². The first-order valence-corrected chi connectivity index (χ1v) is 9.42. The van der Waals surface area contributed by atoms with Gasteiger partial charge in [-0.2, -0.15) is 18.2 Å². The number of benzene rings is 1. The van der Waals surface area contributed by atoms with E-state index in [0.717, 1.165) is 62.4 Å². The fourth-order valence-corrected chi connectivity index (χ4v) is 3.27. The Morgan fingerprint density at radius 3 is 2.67 bits per heavy atom. The molecular weight excluding hydrogens is 355 g/mol. The maximum atomic E-state index is 13.3.